The molecule has 93 heavy (non-hydrogen) atoms. The van der Waals surface area contributed by atoms with Crippen LogP contribution >= 0.6 is 0 Å². The smallest absolute Gasteiger partial charge is 0.346 e. The van der Waals surface area contributed by atoms with Gasteiger partial charge in [0.15, 0.2) is 11.6 Å². The Morgan fingerprint density at radius 2 is 0.892 bits per heavy atom. The zero-order valence-corrected chi connectivity index (χ0v) is 49.3. The van der Waals surface area contributed by atoms with E-state index in [2.05, 4.69) is 29.9 Å². The van der Waals surface area contributed by atoms with Crippen LogP contribution in [-0.2, 0) is 40.3 Å². The average Bonchev–Trinajstić information content (AvgIpc) is 1.61. The molecule has 12 rings (SSSR count). The first-order valence-corrected chi connectivity index (χ1v) is 28.6. The summed E-state index contributed by atoms with van der Waals surface area (Å²) >= 11 is 0. The lowest BCUT2D eigenvalue weighted by Crippen LogP contribution is -2.27. The molecule has 0 radical (unpaired) electrons. The molecule has 0 aliphatic carbocycles. The first-order chi connectivity index (χ1) is 44.3. The number of fused-ring (bicyclic) bond motifs is 2. The van der Waals surface area contributed by atoms with E-state index >= 15 is 26.3 Å². The number of hydrogen-bond acceptors (Lipinski definition) is 13. The van der Waals surface area contributed by atoms with Crippen LogP contribution in [0, 0.1) is 57.4 Å². The predicted molar refractivity (Wildman–Crippen MR) is 308 cm³/mol. The quantitative estimate of drug-likeness (QED) is 0.0453. The molecule has 27 heteroatoms. The van der Waals surface area contributed by atoms with Gasteiger partial charge in [0, 0.05) is 69.4 Å². The van der Waals surface area contributed by atoms with Crippen molar-refractivity contribution in [3.05, 3.63) is 212 Å². The lowest BCUT2D eigenvalue weighted by atomic mass is 9.87. The number of carbonyl (C=O) groups excluding carboxylic acids is 2. The van der Waals surface area contributed by atoms with Gasteiger partial charge in [-0.25, -0.2) is 82.2 Å². The number of imidazole rings is 2. The molecule has 480 valence electrons. The molecule has 0 amide bonds. The zero-order chi connectivity index (χ0) is 65.9. The van der Waals surface area contributed by atoms with Gasteiger partial charge in [0.05, 0.1) is 72.1 Å². The second-order valence-electron chi connectivity index (χ2n) is 23.7. The van der Waals surface area contributed by atoms with Crippen LogP contribution < -0.4 is 9.47 Å². The Labute approximate surface area is 520 Å². The summed E-state index contributed by atoms with van der Waals surface area (Å²) in [6.45, 7) is 6.91. The van der Waals surface area contributed by atoms with Crippen molar-refractivity contribution in [2.45, 2.75) is 78.7 Å². The van der Waals surface area contributed by atoms with E-state index < -0.39 is 143 Å². The topological polar surface area (TPSA) is 167 Å². The molecule has 2 fully saturated rings. The molecular weight excluding hydrogens is 1240 g/mol. The monoisotopic (exact) mass is 1290 g/mol. The number of aromatic nitrogens is 8. The van der Waals surface area contributed by atoms with Crippen molar-refractivity contribution in [3.63, 3.8) is 0 Å². The van der Waals surface area contributed by atoms with Crippen LogP contribution in [0.25, 0.3) is 44.6 Å². The molecule has 0 spiro atoms. The molecule has 6 aromatic carbocycles. The summed E-state index contributed by atoms with van der Waals surface area (Å²) in [7, 11) is 0. The molecule has 15 nitrogen and oxygen atoms in total. The van der Waals surface area contributed by atoms with Gasteiger partial charge in [0.1, 0.15) is 70.8 Å². The third-order valence-electron chi connectivity index (χ3n) is 16.4. The van der Waals surface area contributed by atoms with Crippen LogP contribution in [0.5, 0.6) is 12.0 Å². The van der Waals surface area contributed by atoms with Gasteiger partial charge in [-0.3, -0.25) is 0 Å². The molecule has 2 saturated heterocycles. The Kier molecular flexibility index (Phi) is 17.1. The third-order valence-corrected chi connectivity index (χ3v) is 16.4. The van der Waals surface area contributed by atoms with Crippen molar-refractivity contribution in [3.8, 4) is 34.5 Å². The van der Waals surface area contributed by atoms with E-state index in [9.17, 15) is 35.9 Å². The second kappa shape index (κ2) is 25.0. The molecule has 4 aromatic heterocycles. The fourth-order valence-electron chi connectivity index (χ4n) is 11.4. The van der Waals surface area contributed by atoms with Crippen molar-refractivity contribution in [2.24, 2.45) is 10.8 Å². The van der Waals surface area contributed by atoms with Crippen molar-refractivity contribution in [1.29, 1.82) is 0 Å². The van der Waals surface area contributed by atoms with E-state index in [1.54, 1.807) is 9.13 Å². The molecule has 10 aromatic rings. The van der Waals surface area contributed by atoms with E-state index in [1.807, 2.05) is 27.7 Å². The number of benzene rings is 6. The van der Waals surface area contributed by atoms with E-state index in [4.69, 9.17) is 23.7 Å². The van der Waals surface area contributed by atoms with Crippen LogP contribution in [0.4, 0.5) is 52.7 Å². The summed E-state index contributed by atoms with van der Waals surface area (Å²) in [6, 6.07) is 13.6. The maximum absolute atomic E-state index is 16.5. The zero-order valence-electron chi connectivity index (χ0n) is 49.3. The molecular formula is C66H50F12N8O7. The number of ether oxygens (including phenoxy) is 5. The number of nitrogens with zero attached hydrogens (tertiary/aromatic N) is 8. The van der Waals surface area contributed by atoms with Gasteiger partial charge in [-0.1, -0.05) is 52.0 Å². The van der Waals surface area contributed by atoms with Crippen molar-refractivity contribution >= 4 is 34.0 Å². The number of alkyl halides is 4. The van der Waals surface area contributed by atoms with Crippen molar-refractivity contribution < 1.29 is 86.0 Å². The number of esters is 2. The summed E-state index contributed by atoms with van der Waals surface area (Å²) in [5.41, 5.74) is -5.63. The Hall–Kier alpha value is -9.76. The maximum atomic E-state index is 16.5. The van der Waals surface area contributed by atoms with E-state index in [0.29, 0.717) is 12.1 Å². The van der Waals surface area contributed by atoms with Crippen molar-refractivity contribution in [2.75, 3.05) is 26.4 Å². The fourth-order valence-corrected chi connectivity index (χ4v) is 11.4. The minimum atomic E-state index is -2.90. The minimum absolute atomic E-state index is 0.0106. The summed E-state index contributed by atoms with van der Waals surface area (Å²) < 4.78 is 210. The third kappa shape index (κ3) is 12.7. The van der Waals surface area contributed by atoms with Gasteiger partial charge >= 0.3 is 24.0 Å². The van der Waals surface area contributed by atoms with Crippen molar-refractivity contribution in [1.82, 2.24) is 39.0 Å². The molecule has 2 aliphatic rings. The van der Waals surface area contributed by atoms with E-state index in [1.165, 1.54) is 36.7 Å². The molecule has 2 atom stereocenters. The Morgan fingerprint density at radius 3 is 1.26 bits per heavy atom. The summed E-state index contributed by atoms with van der Waals surface area (Å²) in [5.74, 6) is -10.6. The highest BCUT2D eigenvalue weighted by Gasteiger charge is 2.41. The highest BCUT2D eigenvalue weighted by atomic mass is 19.3. The van der Waals surface area contributed by atoms with Gasteiger partial charge in [-0.15, -0.1) is 0 Å². The Morgan fingerprint density at radius 1 is 0.495 bits per heavy atom. The predicted octanol–water partition coefficient (Wildman–Crippen LogP) is 14.8. The normalized spacial score (nSPS) is 16.1. The lowest BCUT2D eigenvalue weighted by Gasteiger charge is -2.28. The fraction of sp³-hybridized carbons (Fsp3) is 0.273. The van der Waals surface area contributed by atoms with E-state index in [0.717, 1.165) is 60.7 Å². The Balaban J connectivity index is 0.801. The molecule has 2 aliphatic heterocycles. The van der Waals surface area contributed by atoms with Crippen LogP contribution in [0.2, 0.25) is 0 Å². The average molecular weight is 1300 g/mol. The number of carbonyl (C=O) groups is 2. The van der Waals surface area contributed by atoms with Crippen LogP contribution in [0.3, 0.4) is 0 Å². The summed E-state index contributed by atoms with van der Waals surface area (Å²) in [5, 5.41) is 0. The first kappa shape index (κ1) is 63.4. The standard InChI is InChI=1S/C66H50F12N8O7/c1-65(2)29-89-27-53(65)85-51-19-37(17-47(73)57(51)83-55(85)21-35-15-45(71)39(23-43(35)69)49-9-11-79-63(81-49)91-25-33-7-5-31(59(75)76)13-41(33)67)61(87)93-62(88)38-18-48(74)58-52(20-38)86(54-28-90-30-66(54,3)4)56(84-58)22-36-16-46(72)40(24-44(36)70)50-10-12-80-64(82-50)92-26-34-8-6-32(60(77)78)14-42(34)68/h5-20,23-24,53-54,59-60H,21-22,25-30H2,1-4H3. The number of rotatable bonds is 18. The second-order valence-corrected chi connectivity index (χ2v) is 23.7. The van der Waals surface area contributed by atoms with Gasteiger partial charge in [0.2, 0.25) is 0 Å². The minimum Gasteiger partial charge on any atom is -0.458 e. The highest BCUT2D eigenvalue weighted by molar-refractivity contribution is 6.05. The molecule has 6 heterocycles. The number of halogens is 12. The van der Waals surface area contributed by atoms with Gasteiger partial charge < -0.3 is 32.8 Å². The maximum Gasteiger partial charge on any atom is 0.346 e. The number of hydrogen-bond donors (Lipinski definition) is 0. The van der Waals surface area contributed by atoms with Gasteiger partial charge in [-0.2, -0.15) is 9.97 Å². The molecule has 0 bridgehead atoms. The van der Waals surface area contributed by atoms with E-state index in [-0.39, 0.29) is 117 Å². The Bertz CT molecular complexity index is 4330. The summed E-state index contributed by atoms with van der Waals surface area (Å²) in [4.78, 5) is 53.3. The van der Waals surface area contributed by atoms with Gasteiger partial charge in [0.25, 0.3) is 12.9 Å². The summed E-state index contributed by atoms with van der Waals surface area (Å²) in [6.07, 6.45) is -4.31. The van der Waals surface area contributed by atoms with Crippen LogP contribution in [-0.4, -0.2) is 77.4 Å². The van der Waals surface area contributed by atoms with Crippen LogP contribution in [0.1, 0.15) is 118 Å². The van der Waals surface area contributed by atoms with Crippen LogP contribution in [0.15, 0.2) is 109 Å². The first-order valence-electron chi connectivity index (χ1n) is 28.6. The lowest BCUT2D eigenvalue weighted by molar-refractivity contribution is 0.0396. The largest absolute Gasteiger partial charge is 0.458 e. The molecule has 0 saturated carbocycles. The van der Waals surface area contributed by atoms with Gasteiger partial charge in [-0.05, 0) is 83.9 Å². The highest BCUT2D eigenvalue weighted by Crippen LogP contribution is 2.44. The molecule has 0 N–H and O–H groups in total. The SMILES string of the molecule is CC1(C)COCC1n1c(Cc2cc(F)c(-c3ccnc(OCc4ccc(C(F)F)cc4F)n3)cc2F)nc2c(F)cc(C(=O)OC(=O)c3cc(F)c4nc(Cc5cc(F)c(-c6ccnc(OCc7ccc(C(F)F)cc7F)n6)cc5F)n(C5COCC5(C)C)c4c3)cc21. The molecule has 2 unspecified atom stereocenters.